The van der Waals surface area contributed by atoms with E-state index in [0.717, 1.165) is 0 Å². The fraction of sp³-hybridized carbons (Fsp3) is 0.692. The fourth-order valence-corrected chi connectivity index (χ4v) is 3.62. The summed E-state index contributed by atoms with van der Waals surface area (Å²) in [5.41, 5.74) is 0. The highest BCUT2D eigenvalue weighted by atomic mass is 16.7. The van der Waals surface area contributed by atoms with Gasteiger partial charge in [-0.05, 0) is 13.8 Å². The second-order valence-electron chi connectivity index (χ2n) is 4.82. The molecule has 0 aromatic rings. The highest BCUT2D eigenvalue weighted by Crippen LogP contribution is 2.59. The molecule has 1 saturated carbocycles. The number of hydrogen-bond acceptors (Lipinski definition) is 5. The van der Waals surface area contributed by atoms with Crippen molar-refractivity contribution in [2.45, 2.75) is 19.6 Å². The number of carbonyl (C=O) groups excluding carboxylic acids is 2. The summed E-state index contributed by atoms with van der Waals surface area (Å²) in [6.45, 7) is 4.73. The summed E-state index contributed by atoms with van der Waals surface area (Å²) in [7, 11) is 0. The van der Waals surface area contributed by atoms with Gasteiger partial charge in [0.2, 0.25) is 0 Å². The molecule has 0 aromatic heterocycles. The topological polar surface area (TPSA) is 61.8 Å². The Labute approximate surface area is 105 Å². The third-order valence-corrected chi connectivity index (χ3v) is 4.10. The van der Waals surface area contributed by atoms with Gasteiger partial charge in [-0.15, -0.1) is 0 Å². The van der Waals surface area contributed by atoms with Crippen molar-refractivity contribution in [2.75, 3.05) is 13.2 Å². The Kier molecular flexibility index (Phi) is 2.57. The Balaban J connectivity index is 2.01. The highest BCUT2D eigenvalue weighted by Gasteiger charge is 2.71. The van der Waals surface area contributed by atoms with E-state index in [0.29, 0.717) is 13.2 Å². The van der Waals surface area contributed by atoms with Crippen LogP contribution in [0.3, 0.4) is 0 Å². The van der Waals surface area contributed by atoms with Crippen molar-refractivity contribution in [3.05, 3.63) is 12.2 Å². The van der Waals surface area contributed by atoms with Gasteiger partial charge >= 0.3 is 11.9 Å². The maximum absolute atomic E-state index is 11.8. The molecule has 0 spiro atoms. The molecule has 2 aliphatic carbocycles. The largest absolute Gasteiger partial charge is 0.393 e. The van der Waals surface area contributed by atoms with Gasteiger partial charge < -0.3 is 14.2 Å². The lowest BCUT2D eigenvalue weighted by Crippen LogP contribution is -2.44. The molecule has 2 fully saturated rings. The van der Waals surface area contributed by atoms with Crippen LogP contribution in [0, 0.1) is 23.7 Å². The number of carbonyl (C=O) groups is 2. The summed E-state index contributed by atoms with van der Waals surface area (Å²) in [6, 6.07) is 0. The van der Waals surface area contributed by atoms with Crippen LogP contribution in [0.1, 0.15) is 13.8 Å². The van der Waals surface area contributed by atoms with Crippen LogP contribution in [0.4, 0.5) is 0 Å². The minimum Gasteiger partial charge on any atom is -0.393 e. The summed E-state index contributed by atoms with van der Waals surface area (Å²) in [5.74, 6) is -3.04. The van der Waals surface area contributed by atoms with Gasteiger partial charge in [0.1, 0.15) is 0 Å². The molecule has 98 valence electrons. The average molecular weight is 252 g/mol. The van der Waals surface area contributed by atoms with E-state index in [-0.39, 0.29) is 11.8 Å². The third kappa shape index (κ3) is 1.23. The minimum atomic E-state index is -0.853. The van der Waals surface area contributed by atoms with Gasteiger partial charge in [-0.2, -0.15) is 0 Å². The zero-order chi connectivity index (χ0) is 12.9. The second-order valence-corrected chi connectivity index (χ2v) is 4.82. The number of ether oxygens (including phenoxy) is 3. The van der Waals surface area contributed by atoms with Crippen molar-refractivity contribution in [2.24, 2.45) is 23.7 Å². The van der Waals surface area contributed by atoms with Gasteiger partial charge in [0.25, 0.3) is 0 Å². The van der Waals surface area contributed by atoms with Crippen LogP contribution in [-0.2, 0) is 23.8 Å². The van der Waals surface area contributed by atoms with Crippen LogP contribution in [0.5, 0.6) is 0 Å². The number of esters is 2. The lowest BCUT2D eigenvalue weighted by molar-refractivity contribution is -0.260. The predicted octanol–water partition coefficient (Wildman–Crippen LogP) is 0.887. The van der Waals surface area contributed by atoms with E-state index < -0.39 is 29.6 Å². The number of rotatable bonds is 4. The molecule has 3 aliphatic rings. The van der Waals surface area contributed by atoms with Gasteiger partial charge in [-0.1, -0.05) is 12.2 Å². The molecule has 0 N–H and O–H groups in total. The summed E-state index contributed by atoms with van der Waals surface area (Å²) < 4.78 is 16.3. The molecule has 1 saturated heterocycles. The van der Waals surface area contributed by atoms with E-state index in [1.54, 1.807) is 0 Å². The van der Waals surface area contributed by atoms with Crippen LogP contribution in [-0.4, -0.2) is 30.9 Å². The van der Waals surface area contributed by atoms with Crippen molar-refractivity contribution in [1.82, 2.24) is 0 Å². The Morgan fingerprint density at radius 1 is 1.06 bits per heavy atom. The molecular formula is C13H16O5. The Hall–Kier alpha value is -1.20. The molecular weight excluding hydrogens is 236 g/mol. The summed E-state index contributed by atoms with van der Waals surface area (Å²) >= 11 is 0. The third-order valence-electron chi connectivity index (χ3n) is 4.10. The molecule has 5 nitrogen and oxygen atoms in total. The van der Waals surface area contributed by atoms with Crippen molar-refractivity contribution < 1.29 is 23.8 Å². The monoisotopic (exact) mass is 252 g/mol. The lowest BCUT2D eigenvalue weighted by atomic mass is 9.85. The first-order valence-corrected chi connectivity index (χ1v) is 6.37. The molecule has 18 heavy (non-hydrogen) atoms. The first kappa shape index (κ1) is 11.9. The predicted molar refractivity (Wildman–Crippen MR) is 60.2 cm³/mol. The van der Waals surface area contributed by atoms with E-state index in [4.69, 9.17) is 14.2 Å². The maximum Gasteiger partial charge on any atom is 0.318 e. The number of hydrogen-bond donors (Lipinski definition) is 0. The molecule has 3 rings (SSSR count). The summed E-state index contributed by atoms with van der Waals surface area (Å²) in [4.78, 5) is 23.5. The van der Waals surface area contributed by atoms with Gasteiger partial charge in [-0.25, -0.2) is 0 Å². The van der Waals surface area contributed by atoms with Crippen LogP contribution in [0.25, 0.3) is 0 Å². The van der Waals surface area contributed by atoms with E-state index >= 15 is 0 Å². The first-order chi connectivity index (χ1) is 8.65. The highest BCUT2D eigenvalue weighted by molar-refractivity contribution is 5.98. The molecule has 5 heteroatoms. The van der Waals surface area contributed by atoms with Gasteiger partial charge in [-0.3, -0.25) is 9.59 Å². The zero-order valence-corrected chi connectivity index (χ0v) is 10.4. The van der Waals surface area contributed by atoms with Gasteiger partial charge in [0, 0.05) is 25.0 Å². The first-order valence-electron chi connectivity index (χ1n) is 6.37. The second kappa shape index (κ2) is 3.90. The Morgan fingerprint density at radius 2 is 1.50 bits per heavy atom. The van der Waals surface area contributed by atoms with Crippen LogP contribution in [0.15, 0.2) is 12.2 Å². The van der Waals surface area contributed by atoms with E-state index in [9.17, 15) is 9.59 Å². The van der Waals surface area contributed by atoms with Crippen molar-refractivity contribution in [1.29, 1.82) is 0 Å². The molecule has 4 atom stereocenters. The zero-order valence-electron chi connectivity index (χ0n) is 10.4. The fourth-order valence-electron chi connectivity index (χ4n) is 3.62. The molecule has 0 aromatic carbocycles. The smallest absolute Gasteiger partial charge is 0.318 e. The van der Waals surface area contributed by atoms with E-state index in [1.807, 2.05) is 26.0 Å². The minimum absolute atomic E-state index is 0.216. The quantitative estimate of drug-likeness (QED) is 0.322. The molecule has 0 unspecified atom stereocenters. The van der Waals surface area contributed by atoms with Crippen LogP contribution < -0.4 is 0 Å². The lowest BCUT2D eigenvalue weighted by Gasteiger charge is -2.35. The van der Waals surface area contributed by atoms with Crippen molar-refractivity contribution in [3.63, 3.8) is 0 Å². The molecule has 2 bridgehead atoms. The summed E-state index contributed by atoms with van der Waals surface area (Å²) in [6.07, 6.45) is 3.86. The van der Waals surface area contributed by atoms with E-state index in [1.165, 1.54) is 0 Å². The van der Waals surface area contributed by atoms with E-state index in [2.05, 4.69) is 0 Å². The van der Waals surface area contributed by atoms with Crippen molar-refractivity contribution >= 4 is 11.9 Å². The number of cyclic esters (lactones) is 2. The Morgan fingerprint density at radius 3 is 1.89 bits per heavy atom. The molecule has 0 amide bonds. The van der Waals surface area contributed by atoms with Crippen molar-refractivity contribution in [3.8, 4) is 0 Å². The van der Waals surface area contributed by atoms with Gasteiger partial charge in [0.15, 0.2) is 5.79 Å². The summed E-state index contributed by atoms with van der Waals surface area (Å²) in [5, 5.41) is 0. The molecule has 1 heterocycles. The Bertz CT molecular complexity index is 389. The standard InChI is InChI=1S/C13H16O5/c1-3-16-13(17-4-2)7-5-6-8(13)10-9(7)11(14)18-12(10)15/h5-10H,3-4H2,1-2H3/t7-,8-,9-,10-/m1/s1. The number of fused-ring (bicyclic) bond motifs is 5. The van der Waals surface area contributed by atoms with Crippen LogP contribution in [0.2, 0.25) is 0 Å². The maximum atomic E-state index is 11.8. The van der Waals surface area contributed by atoms with Gasteiger partial charge in [0.05, 0.1) is 11.8 Å². The SMILES string of the molecule is CCOC1(OCC)[C@@H]2C=C[C@@H]1[C@H]1C(=O)OC(=O)[C@@H]12. The average Bonchev–Trinajstić information content (AvgIpc) is 2.90. The van der Waals surface area contributed by atoms with Crippen LogP contribution >= 0.6 is 0 Å². The molecule has 1 aliphatic heterocycles. The molecule has 0 radical (unpaired) electrons. The normalized spacial score (nSPS) is 39.2.